The molecule has 0 aliphatic rings. The maximum atomic E-state index is 12.6. The predicted octanol–water partition coefficient (Wildman–Crippen LogP) is 9.91. The fourth-order valence-electron chi connectivity index (χ4n) is 5.52. The molecule has 0 rings (SSSR count). The third kappa shape index (κ3) is 31.3. The van der Waals surface area contributed by atoms with E-state index in [0.717, 1.165) is 70.6 Å². The molecule has 2 unspecified atom stereocenters. The van der Waals surface area contributed by atoms with Crippen LogP contribution in [0.2, 0.25) is 0 Å². The minimum atomic E-state index is -0.879. The van der Waals surface area contributed by atoms with Gasteiger partial charge in [-0.15, -0.1) is 0 Å². The number of ether oxygens (including phenoxy) is 3. The predicted molar refractivity (Wildman–Crippen MR) is 201 cm³/mol. The molecule has 8 heteroatoms. The molecule has 1 N–H and O–H groups in total. The van der Waals surface area contributed by atoms with Gasteiger partial charge in [0.25, 0.3) is 0 Å². The lowest BCUT2D eigenvalue weighted by atomic mass is 10.1. The second-order valence-corrected chi connectivity index (χ2v) is 14.2. The molecule has 0 aliphatic heterocycles. The van der Waals surface area contributed by atoms with Gasteiger partial charge in [-0.1, -0.05) is 127 Å². The zero-order valence-electron chi connectivity index (χ0n) is 32.1. The number of allylic oxidation sites excluding steroid dienone is 6. The molecule has 0 aromatic rings. The second-order valence-electron chi connectivity index (χ2n) is 14.2. The second kappa shape index (κ2) is 32.7. The lowest BCUT2D eigenvalue weighted by molar-refractivity contribution is -0.887. The Morgan fingerprint density at radius 3 is 1.69 bits per heavy atom. The van der Waals surface area contributed by atoms with Crippen molar-refractivity contribution in [2.45, 2.75) is 167 Å². The zero-order chi connectivity index (χ0) is 36.4. The average molecular weight is 693 g/mol. The summed E-state index contributed by atoms with van der Waals surface area (Å²) in [6, 6.07) is -0.615. The Kier molecular flexibility index (Phi) is 31.1. The molecule has 0 aromatic heterocycles. The smallest absolute Gasteiger partial charge is 0.362 e. The third-order valence-corrected chi connectivity index (χ3v) is 8.55. The fourth-order valence-corrected chi connectivity index (χ4v) is 5.52. The highest BCUT2D eigenvalue weighted by Crippen LogP contribution is 2.14. The van der Waals surface area contributed by atoms with Gasteiger partial charge in [0, 0.05) is 19.3 Å². The Hall–Kier alpha value is -2.45. The summed E-state index contributed by atoms with van der Waals surface area (Å²) in [4.78, 5) is 36.8. The van der Waals surface area contributed by atoms with Gasteiger partial charge < -0.3 is 23.8 Å². The van der Waals surface area contributed by atoms with Crippen LogP contribution in [0.15, 0.2) is 36.5 Å². The summed E-state index contributed by atoms with van der Waals surface area (Å²) in [7, 11) is 5.51. The Bertz CT molecular complexity index is 906. The highest BCUT2D eigenvalue weighted by atomic mass is 16.6. The number of carboxylic acids is 1. The minimum Gasteiger partial charge on any atom is -0.477 e. The number of hydrogen-bond acceptors (Lipinski definition) is 6. The van der Waals surface area contributed by atoms with Gasteiger partial charge in [-0.2, -0.15) is 0 Å². The van der Waals surface area contributed by atoms with Crippen molar-refractivity contribution >= 4 is 17.9 Å². The summed E-state index contributed by atoms with van der Waals surface area (Å²) in [6.45, 7) is 4.58. The normalized spacial score (nSPS) is 13.4. The molecule has 0 aliphatic carbocycles. The molecule has 49 heavy (non-hydrogen) atoms. The molecule has 284 valence electrons. The van der Waals surface area contributed by atoms with Crippen LogP contribution in [0, 0.1) is 0 Å². The number of hydrogen-bond donors (Lipinski definition) is 1. The number of quaternary nitrogens is 1. The van der Waals surface area contributed by atoms with E-state index in [4.69, 9.17) is 14.2 Å². The van der Waals surface area contributed by atoms with Gasteiger partial charge in [-0.25, -0.2) is 4.79 Å². The first-order valence-corrected chi connectivity index (χ1v) is 19.5. The molecule has 2 atom stereocenters. The van der Waals surface area contributed by atoms with Crippen LogP contribution in [-0.4, -0.2) is 80.6 Å². The van der Waals surface area contributed by atoms with Crippen molar-refractivity contribution in [3.05, 3.63) is 36.5 Å². The van der Waals surface area contributed by atoms with E-state index in [1.807, 2.05) is 21.1 Å². The number of aliphatic carboxylic acids is 1. The molecule has 0 saturated carbocycles. The molecule has 0 radical (unpaired) electrons. The highest BCUT2D eigenvalue weighted by Gasteiger charge is 2.31. The summed E-state index contributed by atoms with van der Waals surface area (Å²) >= 11 is 0. The van der Waals surface area contributed by atoms with E-state index >= 15 is 0 Å². The van der Waals surface area contributed by atoms with Crippen LogP contribution >= 0.6 is 0 Å². The van der Waals surface area contributed by atoms with Crippen LogP contribution < -0.4 is 0 Å². The first kappa shape index (κ1) is 46.5. The number of rotatable bonds is 34. The van der Waals surface area contributed by atoms with E-state index < -0.39 is 18.1 Å². The average Bonchev–Trinajstić information content (AvgIpc) is 3.05. The summed E-state index contributed by atoms with van der Waals surface area (Å²) in [5.41, 5.74) is 0. The summed E-state index contributed by atoms with van der Waals surface area (Å²) in [6.07, 6.45) is 34.7. The Morgan fingerprint density at radius 1 is 0.633 bits per heavy atom. The first-order chi connectivity index (χ1) is 23.6. The maximum Gasteiger partial charge on any atom is 0.362 e. The molecule has 0 aromatic carbocycles. The Morgan fingerprint density at radius 2 is 1.14 bits per heavy atom. The van der Waals surface area contributed by atoms with Crippen LogP contribution in [0.3, 0.4) is 0 Å². The van der Waals surface area contributed by atoms with E-state index in [2.05, 4.69) is 50.3 Å². The molecular formula is C41H74NO7+. The number of likely N-dealkylation sites (N-methyl/N-ethyl adjacent to an activating group) is 1. The van der Waals surface area contributed by atoms with Crippen LogP contribution in [0.25, 0.3) is 0 Å². The molecule has 0 heterocycles. The monoisotopic (exact) mass is 693 g/mol. The van der Waals surface area contributed by atoms with Crippen molar-refractivity contribution < 1.29 is 38.2 Å². The summed E-state index contributed by atoms with van der Waals surface area (Å²) in [5, 5.41) is 9.58. The van der Waals surface area contributed by atoms with Crippen molar-refractivity contribution in [2.24, 2.45) is 0 Å². The van der Waals surface area contributed by atoms with Crippen LogP contribution in [0.4, 0.5) is 0 Å². The van der Waals surface area contributed by atoms with Crippen molar-refractivity contribution in [2.75, 3.05) is 41.0 Å². The number of esters is 2. The summed E-state index contributed by atoms with van der Waals surface area (Å²) < 4.78 is 17.2. The molecule has 0 spiro atoms. The quantitative estimate of drug-likeness (QED) is 0.0310. The van der Waals surface area contributed by atoms with Gasteiger partial charge in [0.15, 0.2) is 12.1 Å². The highest BCUT2D eigenvalue weighted by molar-refractivity contribution is 5.72. The van der Waals surface area contributed by atoms with Crippen molar-refractivity contribution in [3.63, 3.8) is 0 Å². The lowest BCUT2D eigenvalue weighted by Crippen LogP contribution is -2.50. The largest absolute Gasteiger partial charge is 0.477 e. The maximum absolute atomic E-state index is 12.6. The van der Waals surface area contributed by atoms with Gasteiger partial charge in [0.2, 0.25) is 0 Å². The van der Waals surface area contributed by atoms with Crippen molar-refractivity contribution in [3.8, 4) is 0 Å². The van der Waals surface area contributed by atoms with E-state index in [9.17, 15) is 19.5 Å². The van der Waals surface area contributed by atoms with Crippen LogP contribution in [-0.2, 0) is 28.6 Å². The Labute approximate surface area is 300 Å². The van der Waals surface area contributed by atoms with Gasteiger partial charge in [-0.3, -0.25) is 9.59 Å². The standard InChI is InChI=1S/C41H73NO7/c1-6-8-10-12-14-16-18-19-20-22-23-25-27-29-31-39(43)48-36-37(35-47-34-33-38(41(45)46)42(3,4)5)49-40(44)32-30-28-26-24-21-17-15-13-11-9-7-2/h8,10,14,16,19-20,37-38H,6-7,9,11-13,15,17-18,21-36H2,1-5H3/p+1/b10-8+,16-14+,20-19+. The molecule has 0 amide bonds. The SMILES string of the molecule is CC/C=C/C/C=C/C/C=C/CCCCCCC(=O)OCC(COCCC(C(=O)O)[N+](C)(C)C)OC(=O)CCCCCCCCCCCCC. The molecular weight excluding hydrogens is 618 g/mol. The number of carbonyl (C=O) groups is 3. The number of carboxylic acid groups (broad SMARTS) is 1. The fraction of sp³-hybridized carbons (Fsp3) is 0.780. The van der Waals surface area contributed by atoms with Crippen molar-refractivity contribution in [1.82, 2.24) is 0 Å². The molecule has 0 fully saturated rings. The van der Waals surface area contributed by atoms with E-state index in [0.29, 0.717) is 19.3 Å². The van der Waals surface area contributed by atoms with Gasteiger partial charge >= 0.3 is 17.9 Å². The van der Waals surface area contributed by atoms with Crippen LogP contribution in [0.5, 0.6) is 0 Å². The number of nitrogens with zero attached hydrogens (tertiary/aromatic N) is 1. The van der Waals surface area contributed by atoms with Gasteiger partial charge in [0.05, 0.1) is 34.4 Å². The minimum absolute atomic E-state index is 0.0555. The number of unbranched alkanes of at least 4 members (excludes halogenated alkanes) is 14. The van der Waals surface area contributed by atoms with Gasteiger partial charge in [0.1, 0.15) is 6.61 Å². The summed E-state index contributed by atoms with van der Waals surface area (Å²) in [5.74, 6) is -1.50. The first-order valence-electron chi connectivity index (χ1n) is 19.5. The van der Waals surface area contributed by atoms with Crippen LogP contribution in [0.1, 0.15) is 155 Å². The lowest BCUT2D eigenvalue weighted by Gasteiger charge is -2.31. The van der Waals surface area contributed by atoms with Gasteiger partial charge in [-0.05, 0) is 44.9 Å². The van der Waals surface area contributed by atoms with E-state index in [1.165, 1.54) is 51.4 Å². The molecule has 8 nitrogen and oxygen atoms in total. The third-order valence-electron chi connectivity index (χ3n) is 8.55. The van der Waals surface area contributed by atoms with E-state index in [1.54, 1.807) is 0 Å². The number of carbonyl (C=O) groups excluding carboxylic acids is 2. The molecule has 0 saturated heterocycles. The topological polar surface area (TPSA) is 99.1 Å². The zero-order valence-corrected chi connectivity index (χ0v) is 32.1. The van der Waals surface area contributed by atoms with Crippen molar-refractivity contribution in [1.29, 1.82) is 0 Å². The molecule has 0 bridgehead atoms. The Balaban J connectivity index is 4.44. The van der Waals surface area contributed by atoms with E-state index in [-0.39, 0.29) is 36.2 Å².